The molecule has 0 saturated carbocycles. The van der Waals surface area contributed by atoms with Gasteiger partial charge in [-0.1, -0.05) is 0 Å². The summed E-state index contributed by atoms with van der Waals surface area (Å²) in [5.41, 5.74) is -0.299. The van der Waals surface area contributed by atoms with E-state index in [0.29, 0.717) is 17.1 Å². The first kappa shape index (κ1) is 13.7. The largest absolute Gasteiger partial charge is 0.508 e. The van der Waals surface area contributed by atoms with Gasteiger partial charge in [0.15, 0.2) is 5.84 Å². The number of ether oxygens (including phenoxy) is 1. The Balaban J connectivity index is 2.55. The minimum absolute atomic E-state index is 0.113. The summed E-state index contributed by atoms with van der Waals surface area (Å²) in [4.78, 5) is 4.59. The molecule has 0 radical (unpaired) electrons. The summed E-state index contributed by atoms with van der Waals surface area (Å²) in [5.74, 6) is 1.04. The van der Waals surface area contributed by atoms with Crippen LogP contribution in [0.4, 0.5) is 0 Å². The second kappa shape index (κ2) is 4.13. The van der Waals surface area contributed by atoms with Crippen LogP contribution >= 0.6 is 0 Å². The third-order valence-corrected chi connectivity index (χ3v) is 4.04. The SMILES string of the molecule is COc1cc(O)ccc1C1=NC(C)(C)C(C)(C)N1O. The lowest BCUT2D eigenvalue weighted by atomic mass is 9.84. The van der Waals surface area contributed by atoms with E-state index in [1.165, 1.54) is 18.2 Å². The Bertz CT molecular complexity index is 535. The van der Waals surface area contributed by atoms with E-state index in [0.717, 1.165) is 0 Å². The molecule has 0 atom stereocenters. The van der Waals surface area contributed by atoms with Gasteiger partial charge in [-0.3, -0.25) is 10.2 Å². The summed E-state index contributed by atoms with van der Waals surface area (Å²) < 4.78 is 5.24. The molecule has 0 amide bonds. The molecule has 0 saturated heterocycles. The Kier molecular flexibility index (Phi) is 2.97. The zero-order chi connectivity index (χ0) is 14.4. The molecule has 104 valence electrons. The Morgan fingerprint density at radius 3 is 2.32 bits per heavy atom. The first-order valence-electron chi connectivity index (χ1n) is 6.17. The zero-order valence-corrected chi connectivity index (χ0v) is 11.9. The van der Waals surface area contributed by atoms with Crippen molar-refractivity contribution in [2.45, 2.75) is 38.8 Å². The molecule has 2 N–H and O–H groups in total. The predicted octanol–water partition coefficient (Wildman–Crippen LogP) is 2.41. The number of hydroxylamine groups is 2. The predicted molar refractivity (Wildman–Crippen MR) is 73.0 cm³/mol. The first-order chi connectivity index (χ1) is 8.70. The summed E-state index contributed by atoms with van der Waals surface area (Å²) in [6, 6.07) is 4.74. The van der Waals surface area contributed by atoms with E-state index in [4.69, 9.17) is 4.74 Å². The fourth-order valence-corrected chi connectivity index (χ4v) is 2.01. The molecule has 1 aliphatic rings. The van der Waals surface area contributed by atoms with Crippen LogP contribution in [-0.4, -0.2) is 39.4 Å². The molecule has 0 unspecified atom stereocenters. The molecular weight excluding hydrogens is 244 g/mol. The zero-order valence-electron chi connectivity index (χ0n) is 11.9. The number of methoxy groups -OCH3 is 1. The van der Waals surface area contributed by atoms with Crippen LogP contribution in [0.2, 0.25) is 0 Å². The second-order valence-corrected chi connectivity index (χ2v) is 5.75. The van der Waals surface area contributed by atoms with Gasteiger partial charge in [-0.15, -0.1) is 0 Å². The van der Waals surface area contributed by atoms with E-state index in [2.05, 4.69) is 4.99 Å². The number of nitrogens with zero attached hydrogens (tertiary/aromatic N) is 2. The van der Waals surface area contributed by atoms with Crippen molar-refractivity contribution in [2.24, 2.45) is 4.99 Å². The third-order valence-electron chi connectivity index (χ3n) is 4.04. The summed E-state index contributed by atoms with van der Waals surface area (Å²) in [6.07, 6.45) is 0. The van der Waals surface area contributed by atoms with Gasteiger partial charge in [-0.05, 0) is 39.8 Å². The van der Waals surface area contributed by atoms with Gasteiger partial charge in [0.05, 0.1) is 23.8 Å². The van der Waals surface area contributed by atoms with Crippen LogP contribution in [0.1, 0.15) is 33.3 Å². The van der Waals surface area contributed by atoms with Gasteiger partial charge in [-0.2, -0.15) is 0 Å². The number of amidine groups is 1. The molecule has 1 aromatic carbocycles. The van der Waals surface area contributed by atoms with Crippen molar-refractivity contribution in [3.8, 4) is 11.5 Å². The maximum absolute atomic E-state index is 10.4. The maximum Gasteiger partial charge on any atom is 0.159 e. The molecule has 0 aliphatic carbocycles. The summed E-state index contributed by atoms with van der Waals surface area (Å²) in [5, 5.41) is 21.0. The monoisotopic (exact) mass is 264 g/mol. The Morgan fingerprint density at radius 2 is 1.84 bits per heavy atom. The first-order valence-corrected chi connectivity index (χ1v) is 6.17. The molecule has 0 aromatic heterocycles. The van der Waals surface area contributed by atoms with Crippen molar-refractivity contribution in [1.82, 2.24) is 5.06 Å². The van der Waals surface area contributed by atoms with Gasteiger partial charge >= 0.3 is 0 Å². The van der Waals surface area contributed by atoms with Crippen LogP contribution < -0.4 is 4.74 Å². The van der Waals surface area contributed by atoms with Crippen molar-refractivity contribution in [1.29, 1.82) is 0 Å². The number of rotatable bonds is 2. The molecule has 0 bridgehead atoms. The van der Waals surface area contributed by atoms with Crippen molar-refractivity contribution in [3.05, 3.63) is 23.8 Å². The molecule has 1 heterocycles. The molecule has 19 heavy (non-hydrogen) atoms. The number of hydrogen-bond acceptors (Lipinski definition) is 5. The minimum atomic E-state index is -0.523. The minimum Gasteiger partial charge on any atom is -0.508 e. The van der Waals surface area contributed by atoms with Crippen LogP contribution in [0.25, 0.3) is 0 Å². The number of hydrogen-bond donors (Lipinski definition) is 2. The van der Waals surface area contributed by atoms with E-state index in [1.54, 1.807) is 12.1 Å². The van der Waals surface area contributed by atoms with Crippen molar-refractivity contribution >= 4 is 5.84 Å². The van der Waals surface area contributed by atoms with Gasteiger partial charge < -0.3 is 9.84 Å². The van der Waals surface area contributed by atoms with E-state index in [1.807, 2.05) is 27.7 Å². The molecule has 1 aliphatic heterocycles. The highest BCUT2D eigenvalue weighted by molar-refractivity contribution is 6.02. The van der Waals surface area contributed by atoms with Crippen LogP contribution in [-0.2, 0) is 0 Å². The van der Waals surface area contributed by atoms with Gasteiger partial charge in [0.2, 0.25) is 0 Å². The summed E-state index contributed by atoms with van der Waals surface area (Å²) in [7, 11) is 1.52. The smallest absolute Gasteiger partial charge is 0.159 e. The van der Waals surface area contributed by atoms with Crippen molar-refractivity contribution < 1.29 is 15.1 Å². The molecule has 0 fully saturated rings. The Morgan fingerprint density at radius 1 is 1.21 bits per heavy atom. The number of aromatic hydroxyl groups is 1. The van der Waals surface area contributed by atoms with E-state index in [-0.39, 0.29) is 5.75 Å². The van der Waals surface area contributed by atoms with E-state index in [9.17, 15) is 10.3 Å². The van der Waals surface area contributed by atoms with Gasteiger partial charge in [0.1, 0.15) is 11.5 Å². The summed E-state index contributed by atoms with van der Waals surface area (Å²) in [6.45, 7) is 7.79. The van der Waals surface area contributed by atoms with Gasteiger partial charge in [0, 0.05) is 6.07 Å². The average Bonchev–Trinajstić information content (AvgIpc) is 2.49. The lowest BCUT2D eigenvalue weighted by Crippen LogP contribution is -2.51. The molecular formula is C14H20N2O3. The summed E-state index contributed by atoms with van der Waals surface area (Å²) >= 11 is 0. The van der Waals surface area contributed by atoms with E-state index >= 15 is 0 Å². The fourth-order valence-electron chi connectivity index (χ4n) is 2.01. The van der Waals surface area contributed by atoms with Gasteiger partial charge in [-0.25, -0.2) is 5.06 Å². The number of phenolic OH excluding ortho intramolecular Hbond substituents is 1. The maximum atomic E-state index is 10.4. The highest BCUT2D eigenvalue weighted by atomic mass is 16.5. The quantitative estimate of drug-likeness (QED) is 0.861. The second-order valence-electron chi connectivity index (χ2n) is 5.75. The third kappa shape index (κ3) is 1.94. The normalized spacial score (nSPS) is 20.3. The van der Waals surface area contributed by atoms with E-state index < -0.39 is 11.1 Å². The lowest BCUT2D eigenvalue weighted by molar-refractivity contribution is -0.0993. The van der Waals surface area contributed by atoms with Crippen LogP contribution in [0.15, 0.2) is 23.2 Å². The fraction of sp³-hybridized carbons (Fsp3) is 0.500. The van der Waals surface area contributed by atoms with Crippen LogP contribution in [0.5, 0.6) is 11.5 Å². The highest BCUT2D eigenvalue weighted by Crippen LogP contribution is 2.39. The topological polar surface area (TPSA) is 65.3 Å². The van der Waals surface area contributed by atoms with Crippen LogP contribution in [0.3, 0.4) is 0 Å². The molecule has 5 nitrogen and oxygen atoms in total. The molecule has 2 rings (SSSR count). The average molecular weight is 264 g/mol. The lowest BCUT2D eigenvalue weighted by Gasteiger charge is -2.37. The number of aliphatic imine (C=N–C) groups is 1. The number of benzene rings is 1. The number of phenols is 1. The molecule has 5 heteroatoms. The van der Waals surface area contributed by atoms with Crippen LogP contribution in [0, 0.1) is 0 Å². The van der Waals surface area contributed by atoms with Crippen molar-refractivity contribution in [3.63, 3.8) is 0 Å². The standard InChI is InChI=1S/C14H20N2O3/c1-13(2)14(3,4)16(18)12(15-13)10-7-6-9(17)8-11(10)19-5/h6-8,17-18H,1-5H3. The van der Waals surface area contributed by atoms with Crippen molar-refractivity contribution in [2.75, 3.05) is 7.11 Å². The highest BCUT2D eigenvalue weighted by Gasteiger charge is 2.49. The Labute approximate surface area is 113 Å². The van der Waals surface area contributed by atoms with Gasteiger partial charge in [0.25, 0.3) is 0 Å². The molecule has 0 spiro atoms. The molecule has 1 aromatic rings. The Hall–Kier alpha value is -1.75.